The molecule has 1 fully saturated rings. The van der Waals surface area contributed by atoms with E-state index in [4.69, 9.17) is 11.6 Å². The second kappa shape index (κ2) is 5.54. The summed E-state index contributed by atoms with van der Waals surface area (Å²) < 4.78 is 0. The van der Waals surface area contributed by atoms with Gasteiger partial charge in [0, 0.05) is 24.5 Å². The Balaban J connectivity index is 2.07. The van der Waals surface area contributed by atoms with Gasteiger partial charge in [0.15, 0.2) is 0 Å². The molecule has 1 aliphatic rings. The molecule has 3 heteroatoms. The van der Waals surface area contributed by atoms with Gasteiger partial charge in [0.2, 0.25) is 0 Å². The molecule has 0 N–H and O–H groups in total. The average molecular weight is 252 g/mol. The van der Waals surface area contributed by atoms with Crippen LogP contribution in [0.3, 0.4) is 0 Å². The fourth-order valence-electron chi connectivity index (χ4n) is 2.40. The lowest BCUT2D eigenvalue weighted by Gasteiger charge is -2.24. The number of nitrogens with zero attached hydrogens (tertiary/aromatic N) is 1. The number of hydrogen-bond donors (Lipinski definition) is 0. The smallest absolute Gasteiger partial charge is 0.253 e. The van der Waals surface area contributed by atoms with Crippen molar-refractivity contribution >= 4 is 17.5 Å². The molecule has 92 valence electrons. The highest BCUT2D eigenvalue weighted by Crippen LogP contribution is 2.23. The molecule has 1 aromatic carbocycles. The molecular weight excluding hydrogens is 234 g/mol. The standard InChI is InChI=1S/C14H18ClNO/c1-16(13-4-2-3-5-13)14(17)12-8-6-11(10-15)7-9-12/h6-9,13H,2-5,10H2,1H3. The number of rotatable bonds is 3. The number of alkyl halides is 1. The van der Waals surface area contributed by atoms with Crippen molar-refractivity contribution in [2.45, 2.75) is 37.6 Å². The summed E-state index contributed by atoms with van der Waals surface area (Å²) in [4.78, 5) is 14.1. The van der Waals surface area contributed by atoms with Crippen molar-refractivity contribution in [1.82, 2.24) is 4.90 Å². The number of amides is 1. The highest BCUT2D eigenvalue weighted by Gasteiger charge is 2.23. The third kappa shape index (κ3) is 2.81. The molecule has 0 aliphatic heterocycles. The van der Waals surface area contributed by atoms with Gasteiger partial charge in [-0.25, -0.2) is 0 Å². The molecule has 0 bridgehead atoms. The van der Waals surface area contributed by atoms with E-state index < -0.39 is 0 Å². The van der Waals surface area contributed by atoms with Crippen molar-refractivity contribution in [3.05, 3.63) is 35.4 Å². The normalized spacial score (nSPS) is 16.1. The monoisotopic (exact) mass is 251 g/mol. The zero-order chi connectivity index (χ0) is 12.3. The van der Waals surface area contributed by atoms with Crippen molar-refractivity contribution in [3.8, 4) is 0 Å². The van der Waals surface area contributed by atoms with Crippen LogP contribution in [0.1, 0.15) is 41.6 Å². The molecule has 0 atom stereocenters. The van der Waals surface area contributed by atoms with Crippen LogP contribution in [-0.2, 0) is 5.88 Å². The van der Waals surface area contributed by atoms with Crippen LogP contribution in [0.25, 0.3) is 0 Å². The average Bonchev–Trinajstić information content (AvgIpc) is 2.91. The minimum Gasteiger partial charge on any atom is -0.339 e. The molecule has 0 radical (unpaired) electrons. The van der Waals surface area contributed by atoms with Crippen molar-refractivity contribution in [1.29, 1.82) is 0 Å². The minimum atomic E-state index is 0.123. The summed E-state index contributed by atoms with van der Waals surface area (Å²) in [6.45, 7) is 0. The third-order valence-electron chi connectivity index (χ3n) is 3.55. The largest absolute Gasteiger partial charge is 0.339 e. The summed E-state index contributed by atoms with van der Waals surface area (Å²) in [7, 11) is 1.91. The van der Waals surface area contributed by atoms with Gasteiger partial charge in [-0.15, -0.1) is 11.6 Å². The molecule has 1 amide bonds. The number of halogens is 1. The van der Waals surface area contributed by atoms with Gasteiger partial charge >= 0.3 is 0 Å². The second-order valence-corrected chi connectivity index (χ2v) is 4.95. The molecule has 2 nitrogen and oxygen atoms in total. The Labute approximate surface area is 108 Å². The molecule has 0 heterocycles. The van der Waals surface area contributed by atoms with Gasteiger partial charge in [-0.3, -0.25) is 4.79 Å². The molecule has 0 unspecified atom stereocenters. The Hall–Kier alpha value is -1.02. The van der Waals surface area contributed by atoms with Crippen LogP contribution < -0.4 is 0 Å². The third-order valence-corrected chi connectivity index (χ3v) is 3.86. The quantitative estimate of drug-likeness (QED) is 0.754. The number of benzene rings is 1. The van der Waals surface area contributed by atoms with E-state index in [0.717, 1.165) is 24.0 Å². The Bertz CT molecular complexity index is 382. The summed E-state index contributed by atoms with van der Waals surface area (Å²) >= 11 is 5.73. The molecule has 1 saturated carbocycles. The maximum atomic E-state index is 12.2. The fraction of sp³-hybridized carbons (Fsp3) is 0.500. The van der Waals surface area contributed by atoms with Gasteiger partial charge in [0.25, 0.3) is 5.91 Å². The number of carbonyl (C=O) groups is 1. The first-order valence-electron chi connectivity index (χ1n) is 6.14. The zero-order valence-corrected chi connectivity index (χ0v) is 10.9. The summed E-state index contributed by atoms with van der Waals surface area (Å²) in [5.41, 5.74) is 1.81. The Morgan fingerprint density at radius 2 is 1.88 bits per heavy atom. The van der Waals surface area contributed by atoms with Crippen LogP contribution in [-0.4, -0.2) is 23.9 Å². The van der Waals surface area contributed by atoms with Crippen LogP contribution in [0.5, 0.6) is 0 Å². The summed E-state index contributed by atoms with van der Waals surface area (Å²) in [5, 5.41) is 0. The van der Waals surface area contributed by atoms with Gasteiger partial charge in [-0.2, -0.15) is 0 Å². The van der Waals surface area contributed by atoms with Crippen LogP contribution in [0.15, 0.2) is 24.3 Å². The van der Waals surface area contributed by atoms with Gasteiger partial charge in [0.05, 0.1) is 0 Å². The molecule has 2 rings (SSSR count). The van der Waals surface area contributed by atoms with E-state index in [2.05, 4.69) is 0 Å². The lowest BCUT2D eigenvalue weighted by Crippen LogP contribution is -2.35. The molecule has 0 aromatic heterocycles. The Morgan fingerprint density at radius 1 is 1.29 bits per heavy atom. The van der Waals surface area contributed by atoms with Gasteiger partial charge < -0.3 is 4.90 Å². The summed E-state index contributed by atoms with van der Waals surface area (Å²) in [6.07, 6.45) is 4.77. The lowest BCUT2D eigenvalue weighted by atomic mass is 10.1. The van der Waals surface area contributed by atoms with Crippen LogP contribution in [0.4, 0.5) is 0 Å². The summed E-state index contributed by atoms with van der Waals surface area (Å²) in [5.74, 6) is 0.616. The van der Waals surface area contributed by atoms with E-state index in [9.17, 15) is 4.79 Å². The van der Waals surface area contributed by atoms with Crippen LogP contribution >= 0.6 is 11.6 Å². The molecular formula is C14H18ClNO. The van der Waals surface area contributed by atoms with Gasteiger partial charge in [-0.05, 0) is 30.5 Å². The summed E-state index contributed by atoms with van der Waals surface area (Å²) in [6, 6.07) is 8.00. The predicted molar refractivity (Wildman–Crippen MR) is 70.3 cm³/mol. The maximum absolute atomic E-state index is 12.2. The van der Waals surface area contributed by atoms with E-state index in [1.807, 2.05) is 36.2 Å². The maximum Gasteiger partial charge on any atom is 0.253 e. The molecule has 0 spiro atoms. The highest BCUT2D eigenvalue weighted by atomic mass is 35.5. The first-order valence-corrected chi connectivity index (χ1v) is 6.68. The molecule has 0 saturated heterocycles. The second-order valence-electron chi connectivity index (χ2n) is 4.68. The first-order chi connectivity index (χ1) is 8.22. The van der Waals surface area contributed by atoms with Crippen LogP contribution in [0.2, 0.25) is 0 Å². The Kier molecular flexibility index (Phi) is 4.06. The zero-order valence-electron chi connectivity index (χ0n) is 10.2. The first kappa shape index (κ1) is 12.4. The lowest BCUT2D eigenvalue weighted by molar-refractivity contribution is 0.0735. The van der Waals surface area contributed by atoms with Crippen molar-refractivity contribution < 1.29 is 4.79 Å². The van der Waals surface area contributed by atoms with Crippen LogP contribution in [0, 0.1) is 0 Å². The van der Waals surface area contributed by atoms with E-state index >= 15 is 0 Å². The predicted octanol–water partition coefficient (Wildman–Crippen LogP) is 3.44. The van der Waals surface area contributed by atoms with Gasteiger partial charge in [-0.1, -0.05) is 25.0 Å². The molecule has 1 aromatic rings. The van der Waals surface area contributed by atoms with E-state index in [1.165, 1.54) is 12.8 Å². The van der Waals surface area contributed by atoms with Crippen molar-refractivity contribution in [3.63, 3.8) is 0 Å². The minimum absolute atomic E-state index is 0.123. The van der Waals surface area contributed by atoms with Crippen molar-refractivity contribution in [2.24, 2.45) is 0 Å². The number of carbonyl (C=O) groups excluding carboxylic acids is 1. The SMILES string of the molecule is CN(C(=O)c1ccc(CCl)cc1)C1CCCC1. The number of hydrogen-bond acceptors (Lipinski definition) is 1. The highest BCUT2D eigenvalue weighted by molar-refractivity contribution is 6.17. The molecule has 1 aliphatic carbocycles. The van der Waals surface area contributed by atoms with Crippen molar-refractivity contribution in [2.75, 3.05) is 7.05 Å². The van der Waals surface area contributed by atoms with E-state index in [0.29, 0.717) is 11.9 Å². The topological polar surface area (TPSA) is 20.3 Å². The fourth-order valence-corrected chi connectivity index (χ4v) is 2.58. The molecule has 17 heavy (non-hydrogen) atoms. The van der Waals surface area contributed by atoms with Gasteiger partial charge in [0.1, 0.15) is 0 Å². The van der Waals surface area contributed by atoms with E-state index in [-0.39, 0.29) is 5.91 Å². The Morgan fingerprint density at radius 3 is 2.41 bits per heavy atom. The van der Waals surface area contributed by atoms with E-state index in [1.54, 1.807) is 0 Å².